The minimum absolute atomic E-state index is 0.430. The highest BCUT2D eigenvalue weighted by Gasteiger charge is 2.80. The van der Waals surface area contributed by atoms with Crippen LogP contribution in [0.15, 0.2) is 72.3 Å². The van der Waals surface area contributed by atoms with Gasteiger partial charge in [0, 0.05) is 34.8 Å². The summed E-state index contributed by atoms with van der Waals surface area (Å²) in [7, 11) is 0. The Balaban J connectivity index is 1.55. The van der Waals surface area contributed by atoms with Crippen LogP contribution in [0.2, 0.25) is 0 Å². The second-order valence-corrected chi connectivity index (χ2v) is 10.9. The maximum atomic E-state index is 17.2. The third kappa shape index (κ3) is 2.13. The molecule has 4 bridgehead atoms. The van der Waals surface area contributed by atoms with Crippen molar-refractivity contribution in [3.8, 4) is 0 Å². The molecule has 0 nitrogen and oxygen atoms in total. The SMILES string of the molecule is FC1=C(F)C2(F)C3c4c(F)c(F)c(F)c(F)c4C(C4C5c6ccccc6C(c6ccccc65)C43)C2(F)C=C1. The molecular weight excluding hydrogens is 512 g/mol. The molecule has 6 atom stereocenters. The summed E-state index contributed by atoms with van der Waals surface area (Å²) in [6.45, 7) is 0. The highest BCUT2D eigenvalue weighted by Crippen LogP contribution is 2.78. The summed E-state index contributed by atoms with van der Waals surface area (Å²) in [6, 6.07) is 14.2. The number of hydrogen-bond acceptors (Lipinski definition) is 0. The molecular formula is C30H16F8. The fourth-order valence-electron chi connectivity index (χ4n) is 8.64. The van der Waals surface area contributed by atoms with Gasteiger partial charge in [-0.3, -0.25) is 0 Å². The number of alkyl halides is 2. The molecule has 0 N–H and O–H groups in total. The molecule has 0 aliphatic heterocycles. The summed E-state index contributed by atoms with van der Waals surface area (Å²) in [5.74, 6) is -19.5. The van der Waals surface area contributed by atoms with E-state index in [4.69, 9.17) is 0 Å². The Hall–Kier alpha value is -3.42. The number of benzene rings is 3. The highest BCUT2D eigenvalue weighted by atomic mass is 19.2. The molecule has 7 aliphatic carbocycles. The molecule has 1 fully saturated rings. The minimum Gasteiger partial charge on any atom is -0.235 e. The molecule has 10 rings (SSSR count). The van der Waals surface area contributed by atoms with E-state index in [0.717, 1.165) is 22.3 Å². The van der Waals surface area contributed by atoms with Gasteiger partial charge in [-0.25, -0.2) is 35.1 Å². The molecule has 0 amide bonds. The van der Waals surface area contributed by atoms with Crippen LogP contribution in [0.4, 0.5) is 35.1 Å². The first kappa shape index (κ1) is 22.6. The molecule has 0 heterocycles. The third-order valence-corrected chi connectivity index (χ3v) is 9.72. The number of halogens is 8. The monoisotopic (exact) mass is 528 g/mol. The van der Waals surface area contributed by atoms with E-state index >= 15 is 22.0 Å². The first-order chi connectivity index (χ1) is 18.1. The summed E-state index contributed by atoms with van der Waals surface area (Å²) in [5.41, 5.74) is -6.00. The van der Waals surface area contributed by atoms with Crippen molar-refractivity contribution in [3.63, 3.8) is 0 Å². The predicted molar refractivity (Wildman–Crippen MR) is 121 cm³/mol. The van der Waals surface area contributed by atoms with Gasteiger partial charge in [0.15, 0.2) is 40.6 Å². The van der Waals surface area contributed by atoms with Crippen LogP contribution in [0.3, 0.4) is 0 Å². The summed E-state index contributed by atoms with van der Waals surface area (Å²) in [4.78, 5) is 0. The van der Waals surface area contributed by atoms with Crippen molar-refractivity contribution in [1.29, 1.82) is 0 Å². The lowest BCUT2D eigenvalue weighted by Crippen LogP contribution is -2.70. The Morgan fingerprint density at radius 3 is 1.45 bits per heavy atom. The molecule has 7 aliphatic rings. The first-order valence-corrected chi connectivity index (χ1v) is 12.3. The van der Waals surface area contributed by atoms with Crippen LogP contribution < -0.4 is 0 Å². The zero-order valence-electron chi connectivity index (χ0n) is 19.3. The normalized spacial score (nSPS) is 36.9. The average molecular weight is 528 g/mol. The molecule has 0 radical (unpaired) electrons. The lowest BCUT2D eigenvalue weighted by atomic mass is 9.36. The van der Waals surface area contributed by atoms with Gasteiger partial charge in [-0.2, -0.15) is 0 Å². The fourth-order valence-corrected chi connectivity index (χ4v) is 8.64. The quantitative estimate of drug-likeness (QED) is 0.157. The molecule has 6 unspecified atom stereocenters. The summed E-state index contributed by atoms with van der Waals surface area (Å²) in [6.07, 6.45) is 0.931. The van der Waals surface area contributed by atoms with Crippen LogP contribution in [-0.2, 0) is 0 Å². The average Bonchev–Trinajstić information content (AvgIpc) is 2.93. The van der Waals surface area contributed by atoms with Crippen LogP contribution >= 0.6 is 0 Å². The van der Waals surface area contributed by atoms with Crippen LogP contribution in [-0.4, -0.2) is 11.3 Å². The van der Waals surface area contributed by atoms with Gasteiger partial charge in [0.25, 0.3) is 0 Å². The van der Waals surface area contributed by atoms with Gasteiger partial charge >= 0.3 is 0 Å². The molecule has 38 heavy (non-hydrogen) atoms. The van der Waals surface area contributed by atoms with Crippen LogP contribution in [0.25, 0.3) is 0 Å². The van der Waals surface area contributed by atoms with Crippen molar-refractivity contribution in [2.75, 3.05) is 0 Å². The summed E-state index contributed by atoms with van der Waals surface area (Å²) >= 11 is 0. The zero-order valence-corrected chi connectivity index (χ0v) is 19.3. The molecule has 192 valence electrons. The highest BCUT2D eigenvalue weighted by molar-refractivity contribution is 5.65. The van der Waals surface area contributed by atoms with Crippen molar-refractivity contribution in [2.45, 2.75) is 35.0 Å². The third-order valence-electron chi connectivity index (χ3n) is 9.72. The van der Waals surface area contributed by atoms with Crippen molar-refractivity contribution in [2.24, 2.45) is 11.8 Å². The molecule has 0 aromatic heterocycles. The van der Waals surface area contributed by atoms with Gasteiger partial charge in [-0.15, -0.1) is 0 Å². The smallest absolute Gasteiger partial charge is 0.209 e. The van der Waals surface area contributed by atoms with Crippen molar-refractivity contribution in [3.05, 3.63) is 129 Å². The van der Waals surface area contributed by atoms with Gasteiger partial charge in [0.2, 0.25) is 5.67 Å². The summed E-state index contributed by atoms with van der Waals surface area (Å²) in [5, 5.41) is 0. The van der Waals surface area contributed by atoms with Gasteiger partial charge in [-0.05, 0) is 46.2 Å². The van der Waals surface area contributed by atoms with E-state index in [1.54, 1.807) is 36.4 Å². The lowest BCUT2D eigenvalue weighted by molar-refractivity contribution is -0.135. The fraction of sp³-hybridized carbons (Fsp3) is 0.267. The molecule has 0 spiro atoms. The molecule has 0 saturated heterocycles. The molecule has 3 aromatic rings. The number of allylic oxidation sites excluding steroid dienone is 4. The van der Waals surface area contributed by atoms with Gasteiger partial charge in [0.1, 0.15) is 0 Å². The Morgan fingerprint density at radius 2 is 0.974 bits per heavy atom. The second kappa shape index (κ2) is 6.77. The van der Waals surface area contributed by atoms with Crippen LogP contribution in [0.5, 0.6) is 0 Å². The Morgan fingerprint density at radius 1 is 0.553 bits per heavy atom. The van der Waals surface area contributed by atoms with E-state index < -0.39 is 92.9 Å². The molecule has 1 saturated carbocycles. The van der Waals surface area contributed by atoms with E-state index in [9.17, 15) is 13.2 Å². The minimum atomic E-state index is -3.80. The van der Waals surface area contributed by atoms with Gasteiger partial charge in [-0.1, -0.05) is 48.5 Å². The topological polar surface area (TPSA) is 0 Å². The first-order valence-electron chi connectivity index (χ1n) is 12.3. The Bertz CT molecular complexity index is 1630. The standard InChI is InChI=1S/C30H16F8/c31-15-9-10-29(37)22-18-16-11-5-1-3-7-13(11)17(14-8-4-2-6-12(14)16)19(18)23(30(29,38)28(15)36)21-20(22)24(32)26(34)27(35)25(21)33/h1-10,16-19,22-23H. The van der Waals surface area contributed by atoms with Crippen molar-refractivity contribution >= 4 is 0 Å². The van der Waals surface area contributed by atoms with Crippen molar-refractivity contribution < 1.29 is 35.1 Å². The Kier molecular flexibility index (Phi) is 4.02. The van der Waals surface area contributed by atoms with E-state index in [1.807, 2.05) is 12.1 Å². The van der Waals surface area contributed by atoms with E-state index in [-0.39, 0.29) is 0 Å². The maximum absolute atomic E-state index is 17.2. The lowest BCUT2D eigenvalue weighted by Gasteiger charge is -2.67. The van der Waals surface area contributed by atoms with Crippen LogP contribution in [0, 0.1) is 35.1 Å². The maximum Gasteiger partial charge on any atom is 0.209 e. The predicted octanol–water partition coefficient (Wildman–Crippen LogP) is 8.10. The van der Waals surface area contributed by atoms with Crippen LogP contribution in [0.1, 0.15) is 57.1 Å². The Labute approximate surface area is 211 Å². The van der Waals surface area contributed by atoms with Gasteiger partial charge < -0.3 is 0 Å². The second-order valence-electron chi connectivity index (χ2n) is 10.9. The number of hydrogen-bond donors (Lipinski definition) is 0. The van der Waals surface area contributed by atoms with E-state index in [1.165, 1.54) is 0 Å². The molecule has 8 heteroatoms. The largest absolute Gasteiger partial charge is 0.235 e. The summed E-state index contributed by atoms with van der Waals surface area (Å²) < 4.78 is 125. The van der Waals surface area contributed by atoms with E-state index in [0.29, 0.717) is 12.2 Å². The van der Waals surface area contributed by atoms with E-state index in [2.05, 4.69) is 0 Å². The zero-order chi connectivity index (χ0) is 26.5. The van der Waals surface area contributed by atoms with Crippen molar-refractivity contribution in [1.82, 2.24) is 0 Å². The number of rotatable bonds is 0. The van der Waals surface area contributed by atoms with Gasteiger partial charge in [0.05, 0.1) is 0 Å². The molecule has 3 aromatic carbocycles.